The molecule has 0 unspecified atom stereocenters. The summed E-state index contributed by atoms with van der Waals surface area (Å²) >= 11 is 0. The third kappa shape index (κ3) is 26.9. The molecular formula is C27H50O2. The highest BCUT2D eigenvalue weighted by molar-refractivity contribution is 5.66. The maximum Gasteiger partial charge on any atom is 0.303 e. The van der Waals surface area contributed by atoms with E-state index in [1.165, 1.54) is 109 Å². The van der Waals surface area contributed by atoms with Crippen molar-refractivity contribution < 1.29 is 9.90 Å². The minimum atomic E-state index is -0.654. The molecule has 2 heteroatoms. The van der Waals surface area contributed by atoms with E-state index in [2.05, 4.69) is 31.2 Å². The summed E-state index contributed by atoms with van der Waals surface area (Å²) < 4.78 is 0. The van der Waals surface area contributed by atoms with Gasteiger partial charge in [0.2, 0.25) is 0 Å². The van der Waals surface area contributed by atoms with E-state index in [-0.39, 0.29) is 0 Å². The smallest absolute Gasteiger partial charge is 0.303 e. The SMILES string of the molecule is CCCCC=CCC=CCCCCCCCCCCCCCCCCCC(=O)O. The minimum absolute atomic E-state index is 0.341. The molecule has 0 amide bonds. The summed E-state index contributed by atoms with van der Waals surface area (Å²) in [6.45, 7) is 2.24. The number of allylic oxidation sites excluding steroid dienone is 4. The molecule has 170 valence electrons. The summed E-state index contributed by atoms with van der Waals surface area (Å²) in [4.78, 5) is 10.4. The summed E-state index contributed by atoms with van der Waals surface area (Å²) in [5.41, 5.74) is 0. The van der Waals surface area contributed by atoms with Crippen molar-refractivity contribution in [3.8, 4) is 0 Å². The molecule has 0 aliphatic heterocycles. The molecule has 0 saturated heterocycles. The van der Waals surface area contributed by atoms with E-state index in [0.717, 1.165) is 19.3 Å². The predicted octanol–water partition coefficient (Wildman–Crippen LogP) is 9.40. The van der Waals surface area contributed by atoms with Crippen LogP contribution >= 0.6 is 0 Å². The van der Waals surface area contributed by atoms with Crippen LogP contribution in [-0.4, -0.2) is 11.1 Å². The zero-order valence-corrected chi connectivity index (χ0v) is 19.5. The molecule has 0 bridgehead atoms. The highest BCUT2D eigenvalue weighted by Gasteiger charge is 1.97. The Labute approximate surface area is 182 Å². The molecule has 0 aromatic heterocycles. The van der Waals surface area contributed by atoms with Crippen LogP contribution in [0.1, 0.15) is 142 Å². The Hall–Kier alpha value is -1.05. The summed E-state index contributed by atoms with van der Waals surface area (Å²) in [6, 6.07) is 0. The van der Waals surface area contributed by atoms with Crippen molar-refractivity contribution in [3.63, 3.8) is 0 Å². The molecule has 0 atom stereocenters. The van der Waals surface area contributed by atoms with Gasteiger partial charge in [-0.15, -0.1) is 0 Å². The Balaban J connectivity index is 3.10. The predicted molar refractivity (Wildman–Crippen MR) is 129 cm³/mol. The quantitative estimate of drug-likeness (QED) is 0.135. The van der Waals surface area contributed by atoms with Crippen LogP contribution in [0.5, 0.6) is 0 Å². The van der Waals surface area contributed by atoms with Crippen LogP contribution in [0.4, 0.5) is 0 Å². The standard InChI is InChI=1S/C27H50O2/c1-2-3-4-5-6-7-8-9-10-11-12-13-14-15-16-17-18-19-20-21-22-23-24-25-26-27(28)29/h5-6,8-9H,2-4,7,10-26H2,1H3,(H,28,29). The van der Waals surface area contributed by atoms with Gasteiger partial charge in [0.15, 0.2) is 0 Å². The Bertz CT molecular complexity index is 384. The van der Waals surface area contributed by atoms with Crippen LogP contribution in [0.25, 0.3) is 0 Å². The second-order valence-electron chi connectivity index (χ2n) is 8.56. The van der Waals surface area contributed by atoms with Gasteiger partial charge in [0.1, 0.15) is 0 Å². The monoisotopic (exact) mass is 406 g/mol. The molecule has 0 saturated carbocycles. The Morgan fingerprint density at radius 1 is 0.552 bits per heavy atom. The van der Waals surface area contributed by atoms with Crippen LogP contribution in [0.3, 0.4) is 0 Å². The number of carboxylic acid groups (broad SMARTS) is 1. The molecule has 1 N–H and O–H groups in total. The Morgan fingerprint density at radius 3 is 1.34 bits per heavy atom. The molecule has 0 aromatic carbocycles. The molecule has 0 fully saturated rings. The number of rotatable bonds is 23. The topological polar surface area (TPSA) is 37.3 Å². The normalized spacial score (nSPS) is 11.8. The van der Waals surface area contributed by atoms with Crippen molar-refractivity contribution in [1.82, 2.24) is 0 Å². The van der Waals surface area contributed by atoms with Crippen LogP contribution in [0.15, 0.2) is 24.3 Å². The first-order chi connectivity index (χ1) is 14.3. The van der Waals surface area contributed by atoms with E-state index in [4.69, 9.17) is 5.11 Å². The fourth-order valence-corrected chi connectivity index (χ4v) is 3.67. The van der Waals surface area contributed by atoms with Gasteiger partial charge in [0.25, 0.3) is 0 Å². The molecule has 2 nitrogen and oxygen atoms in total. The first kappa shape index (κ1) is 27.9. The Kier molecular flexibility index (Phi) is 24.1. The van der Waals surface area contributed by atoms with Crippen molar-refractivity contribution in [1.29, 1.82) is 0 Å². The van der Waals surface area contributed by atoms with Gasteiger partial charge in [0.05, 0.1) is 0 Å². The summed E-state index contributed by atoms with van der Waals surface area (Å²) in [6.07, 6.45) is 35.6. The lowest BCUT2D eigenvalue weighted by Gasteiger charge is -2.03. The molecule has 0 aromatic rings. The van der Waals surface area contributed by atoms with Crippen molar-refractivity contribution in [2.75, 3.05) is 0 Å². The number of carboxylic acids is 1. The number of unbranched alkanes of at least 4 members (excludes halogenated alkanes) is 17. The van der Waals surface area contributed by atoms with Gasteiger partial charge in [0, 0.05) is 6.42 Å². The molecule has 29 heavy (non-hydrogen) atoms. The number of aliphatic carboxylic acids is 1. The maximum atomic E-state index is 10.4. The molecular weight excluding hydrogens is 356 g/mol. The van der Waals surface area contributed by atoms with Gasteiger partial charge >= 0.3 is 5.97 Å². The molecule has 0 radical (unpaired) electrons. The van der Waals surface area contributed by atoms with Crippen LogP contribution in [-0.2, 0) is 4.79 Å². The van der Waals surface area contributed by atoms with Crippen molar-refractivity contribution in [2.24, 2.45) is 0 Å². The third-order valence-electron chi connectivity index (χ3n) is 5.59. The van der Waals surface area contributed by atoms with Crippen molar-refractivity contribution in [3.05, 3.63) is 24.3 Å². The van der Waals surface area contributed by atoms with Gasteiger partial charge in [-0.1, -0.05) is 128 Å². The summed E-state index contributed by atoms with van der Waals surface area (Å²) in [7, 11) is 0. The lowest BCUT2D eigenvalue weighted by Crippen LogP contribution is -1.93. The first-order valence-electron chi connectivity index (χ1n) is 12.8. The van der Waals surface area contributed by atoms with E-state index < -0.39 is 5.97 Å². The van der Waals surface area contributed by atoms with Crippen LogP contribution in [0, 0.1) is 0 Å². The zero-order valence-electron chi connectivity index (χ0n) is 19.5. The Morgan fingerprint density at radius 2 is 0.931 bits per heavy atom. The number of carbonyl (C=O) groups is 1. The van der Waals surface area contributed by atoms with Crippen LogP contribution in [0.2, 0.25) is 0 Å². The largest absolute Gasteiger partial charge is 0.481 e. The number of hydrogen-bond donors (Lipinski definition) is 1. The fourth-order valence-electron chi connectivity index (χ4n) is 3.67. The van der Waals surface area contributed by atoms with E-state index >= 15 is 0 Å². The molecule has 0 aliphatic rings. The molecule has 0 heterocycles. The van der Waals surface area contributed by atoms with E-state index in [1.54, 1.807) is 0 Å². The average molecular weight is 407 g/mol. The zero-order chi connectivity index (χ0) is 21.3. The lowest BCUT2D eigenvalue weighted by molar-refractivity contribution is -0.137. The van der Waals surface area contributed by atoms with Gasteiger partial charge in [-0.25, -0.2) is 0 Å². The van der Waals surface area contributed by atoms with Gasteiger partial charge in [-0.3, -0.25) is 4.79 Å². The van der Waals surface area contributed by atoms with Crippen LogP contribution < -0.4 is 0 Å². The fraction of sp³-hybridized carbons (Fsp3) is 0.815. The second kappa shape index (κ2) is 25.0. The lowest BCUT2D eigenvalue weighted by atomic mass is 10.0. The summed E-state index contributed by atoms with van der Waals surface area (Å²) in [5, 5.41) is 8.59. The van der Waals surface area contributed by atoms with E-state index in [9.17, 15) is 4.79 Å². The minimum Gasteiger partial charge on any atom is -0.481 e. The van der Waals surface area contributed by atoms with E-state index in [1.807, 2.05) is 0 Å². The van der Waals surface area contributed by atoms with Gasteiger partial charge < -0.3 is 5.11 Å². The van der Waals surface area contributed by atoms with Gasteiger partial charge in [-0.2, -0.15) is 0 Å². The van der Waals surface area contributed by atoms with Gasteiger partial charge in [-0.05, 0) is 32.1 Å². The highest BCUT2D eigenvalue weighted by atomic mass is 16.4. The highest BCUT2D eigenvalue weighted by Crippen LogP contribution is 2.14. The third-order valence-corrected chi connectivity index (χ3v) is 5.59. The average Bonchev–Trinajstić information content (AvgIpc) is 2.71. The first-order valence-corrected chi connectivity index (χ1v) is 12.8. The van der Waals surface area contributed by atoms with Crippen molar-refractivity contribution >= 4 is 5.97 Å². The maximum absolute atomic E-state index is 10.4. The van der Waals surface area contributed by atoms with Crippen molar-refractivity contribution in [2.45, 2.75) is 142 Å². The molecule has 0 rings (SSSR count). The molecule has 0 spiro atoms. The second-order valence-corrected chi connectivity index (χ2v) is 8.56. The van der Waals surface area contributed by atoms with E-state index in [0.29, 0.717) is 6.42 Å². The number of hydrogen-bond acceptors (Lipinski definition) is 1. The summed E-state index contributed by atoms with van der Waals surface area (Å²) in [5.74, 6) is -0.654. The molecule has 0 aliphatic carbocycles.